The average Bonchev–Trinajstić information content (AvgIpc) is 3.20. The number of aryl methyl sites for hydroxylation is 3. The van der Waals surface area contributed by atoms with Crippen molar-refractivity contribution in [3.8, 4) is 11.3 Å². The Morgan fingerprint density at radius 2 is 2.08 bits per heavy atom. The first-order chi connectivity index (χ1) is 12.5. The predicted molar refractivity (Wildman–Crippen MR) is 99.7 cm³/mol. The second-order valence-corrected chi connectivity index (χ2v) is 6.42. The van der Waals surface area contributed by atoms with E-state index in [0.717, 1.165) is 28.1 Å². The lowest BCUT2D eigenvalue weighted by atomic mass is 10.0. The van der Waals surface area contributed by atoms with Gasteiger partial charge in [0.1, 0.15) is 5.69 Å². The first kappa shape index (κ1) is 16.3. The molecular weight excluding hydrogens is 328 g/mol. The molecule has 4 rings (SSSR count). The molecule has 1 aromatic carbocycles. The SMILES string of the molecule is Cc1ccc(C)c(-c2nn(C)cc2NC(O)c2cnn3cccnc23)c1. The molecule has 4 aromatic rings. The van der Waals surface area contributed by atoms with Crippen LogP contribution in [0.2, 0.25) is 0 Å². The van der Waals surface area contributed by atoms with E-state index in [9.17, 15) is 5.11 Å². The normalized spacial score (nSPS) is 12.5. The van der Waals surface area contributed by atoms with Crippen molar-refractivity contribution in [1.29, 1.82) is 0 Å². The van der Waals surface area contributed by atoms with Crippen LogP contribution >= 0.6 is 0 Å². The quantitative estimate of drug-likeness (QED) is 0.554. The van der Waals surface area contributed by atoms with Gasteiger partial charge in [0.05, 0.1) is 17.4 Å². The minimum Gasteiger partial charge on any atom is -0.369 e. The molecule has 0 radical (unpaired) electrons. The minimum atomic E-state index is -0.949. The summed E-state index contributed by atoms with van der Waals surface area (Å²) < 4.78 is 3.37. The summed E-state index contributed by atoms with van der Waals surface area (Å²) in [7, 11) is 1.86. The Kier molecular flexibility index (Phi) is 3.93. The van der Waals surface area contributed by atoms with Crippen LogP contribution in [0.1, 0.15) is 22.9 Å². The third-order valence-electron chi connectivity index (χ3n) is 4.37. The van der Waals surface area contributed by atoms with Gasteiger partial charge in [0, 0.05) is 31.2 Å². The third-order valence-corrected chi connectivity index (χ3v) is 4.37. The molecular formula is C19H20N6O. The minimum absolute atomic E-state index is 0.612. The molecule has 0 fully saturated rings. The number of nitrogens with one attached hydrogen (secondary N) is 1. The summed E-state index contributed by atoms with van der Waals surface area (Å²) in [5.74, 6) is 0. The molecule has 0 spiro atoms. The van der Waals surface area contributed by atoms with Crippen molar-refractivity contribution in [3.05, 3.63) is 65.7 Å². The molecule has 0 aliphatic carbocycles. The maximum absolute atomic E-state index is 10.7. The summed E-state index contributed by atoms with van der Waals surface area (Å²) in [4.78, 5) is 4.29. The number of hydrogen-bond acceptors (Lipinski definition) is 5. The first-order valence-corrected chi connectivity index (χ1v) is 8.37. The number of anilines is 1. The monoisotopic (exact) mass is 348 g/mol. The van der Waals surface area contributed by atoms with E-state index in [2.05, 4.69) is 52.5 Å². The van der Waals surface area contributed by atoms with Gasteiger partial charge < -0.3 is 10.4 Å². The number of aliphatic hydroxyl groups is 1. The zero-order valence-electron chi connectivity index (χ0n) is 14.9. The van der Waals surface area contributed by atoms with E-state index >= 15 is 0 Å². The molecule has 7 nitrogen and oxygen atoms in total. The van der Waals surface area contributed by atoms with E-state index in [4.69, 9.17) is 0 Å². The summed E-state index contributed by atoms with van der Waals surface area (Å²) in [6.07, 6.45) is 6.01. The number of nitrogens with zero attached hydrogens (tertiary/aromatic N) is 5. The van der Waals surface area contributed by atoms with E-state index in [1.165, 1.54) is 0 Å². The standard InChI is InChI=1S/C19H20N6O/c1-12-5-6-13(2)14(9-12)17-16(11-24(3)23-17)22-19(26)15-10-21-25-8-4-7-20-18(15)25/h4-11,19,22,26H,1-3H3. The third kappa shape index (κ3) is 2.82. The molecule has 0 saturated carbocycles. The Morgan fingerprint density at radius 1 is 1.23 bits per heavy atom. The Hall–Kier alpha value is -3.19. The van der Waals surface area contributed by atoms with Gasteiger partial charge in [-0.25, -0.2) is 9.50 Å². The molecule has 0 aliphatic rings. The van der Waals surface area contributed by atoms with Crippen LogP contribution < -0.4 is 5.32 Å². The Morgan fingerprint density at radius 3 is 2.92 bits per heavy atom. The highest BCUT2D eigenvalue weighted by atomic mass is 16.3. The van der Waals surface area contributed by atoms with Gasteiger partial charge in [0.25, 0.3) is 0 Å². The van der Waals surface area contributed by atoms with Gasteiger partial charge in [-0.3, -0.25) is 4.68 Å². The van der Waals surface area contributed by atoms with E-state index in [1.54, 1.807) is 33.9 Å². The molecule has 0 amide bonds. The largest absolute Gasteiger partial charge is 0.369 e. The van der Waals surface area contributed by atoms with Gasteiger partial charge in [-0.1, -0.05) is 17.7 Å². The Labute approximate surface area is 150 Å². The summed E-state index contributed by atoms with van der Waals surface area (Å²) in [6, 6.07) is 8.05. The number of fused-ring (bicyclic) bond motifs is 1. The fourth-order valence-electron chi connectivity index (χ4n) is 3.05. The highest BCUT2D eigenvalue weighted by molar-refractivity contribution is 5.77. The van der Waals surface area contributed by atoms with Crippen LogP contribution in [0.3, 0.4) is 0 Å². The van der Waals surface area contributed by atoms with Crippen molar-refractivity contribution in [2.45, 2.75) is 20.1 Å². The smallest absolute Gasteiger partial charge is 0.162 e. The van der Waals surface area contributed by atoms with Crippen molar-refractivity contribution >= 4 is 11.3 Å². The summed E-state index contributed by atoms with van der Waals surface area (Å²) >= 11 is 0. The highest BCUT2D eigenvalue weighted by Crippen LogP contribution is 2.32. The lowest BCUT2D eigenvalue weighted by Crippen LogP contribution is -2.10. The summed E-state index contributed by atoms with van der Waals surface area (Å²) in [5.41, 5.74) is 6.12. The van der Waals surface area contributed by atoms with Gasteiger partial charge in [-0.15, -0.1) is 0 Å². The molecule has 1 atom stereocenters. The molecule has 0 aliphatic heterocycles. The highest BCUT2D eigenvalue weighted by Gasteiger charge is 2.19. The molecule has 2 N–H and O–H groups in total. The van der Waals surface area contributed by atoms with Crippen molar-refractivity contribution in [3.63, 3.8) is 0 Å². The van der Waals surface area contributed by atoms with Crippen LogP contribution in [0.15, 0.2) is 49.1 Å². The molecule has 1 unspecified atom stereocenters. The molecule has 0 bridgehead atoms. The van der Waals surface area contributed by atoms with E-state index in [1.807, 2.05) is 13.2 Å². The van der Waals surface area contributed by atoms with Crippen molar-refractivity contribution in [2.75, 3.05) is 5.32 Å². The Balaban J connectivity index is 1.72. The number of aromatic nitrogens is 5. The zero-order valence-corrected chi connectivity index (χ0v) is 14.9. The second-order valence-electron chi connectivity index (χ2n) is 6.42. The van der Waals surface area contributed by atoms with Gasteiger partial charge in [-0.2, -0.15) is 10.2 Å². The topological polar surface area (TPSA) is 80.3 Å². The van der Waals surface area contributed by atoms with E-state index < -0.39 is 6.23 Å². The number of hydrogen-bond donors (Lipinski definition) is 2. The predicted octanol–water partition coefficient (Wildman–Crippen LogP) is 2.85. The first-order valence-electron chi connectivity index (χ1n) is 8.37. The Bertz CT molecular complexity index is 1080. The molecule has 7 heteroatoms. The molecule has 0 saturated heterocycles. The van der Waals surface area contributed by atoms with Crippen LogP contribution in [-0.2, 0) is 7.05 Å². The van der Waals surface area contributed by atoms with Crippen molar-refractivity contribution < 1.29 is 5.11 Å². The van der Waals surface area contributed by atoms with Crippen molar-refractivity contribution in [2.24, 2.45) is 7.05 Å². The lowest BCUT2D eigenvalue weighted by Gasteiger charge is -2.14. The van der Waals surface area contributed by atoms with Gasteiger partial charge in [0.15, 0.2) is 11.9 Å². The molecule has 3 heterocycles. The van der Waals surface area contributed by atoms with Crippen LogP contribution in [0, 0.1) is 13.8 Å². The van der Waals surface area contributed by atoms with Crippen LogP contribution in [-0.4, -0.2) is 29.5 Å². The second kappa shape index (κ2) is 6.27. The van der Waals surface area contributed by atoms with Gasteiger partial charge in [0.2, 0.25) is 0 Å². The van der Waals surface area contributed by atoms with Gasteiger partial charge >= 0.3 is 0 Å². The van der Waals surface area contributed by atoms with Crippen LogP contribution in [0.25, 0.3) is 16.9 Å². The van der Waals surface area contributed by atoms with E-state index in [-0.39, 0.29) is 0 Å². The average molecular weight is 348 g/mol. The maximum Gasteiger partial charge on any atom is 0.162 e. The number of rotatable bonds is 4. The zero-order chi connectivity index (χ0) is 18.3. The summed E-state index contributed by atoms with van der Waals surface area (Å²) in [6.45, 7) is 4.11. The summed E-state index contributed by atoms with van der Waals surface area (Å²) in [5, 5.41) is 22.7. The molecule has 132 valence electrons. The maximum atomic E-state index is 10.7. The number of benzene rings is 1. The fourth-order valence-corrected chi connectivity index (χ4v) is 3.05. The fraction of sp³-hybridized carbons (Fsp3) is 0.211. The van der Waals surface area contributed by atoms with Crippen LogP contribution in [0.4, 0.5) is 5.69 Å². The van der Waals surface area contributed by atoms with Crippen molar-refractivity contribution in [1.82, 2.24) is 24.4 Å². The molecule has 26 heavy (non-hydrogen) atoms. The number of aliphatic hydroxyl groups excluding tert-OH is 1. The van der Waals surface area contributed by atoms with Gasteiger partial charge in [-0.05, 0) is 31.5 Å². The van der Waals surface area contributed by atoms with Crippen LogP contribution in [0.5, 0.6) is 0 Å². The molecule has 3 aromatic heterocycles. The van der Waals surface area contributed by atoms with E-state index in [0.29, 0.717) is 11.2 Å². The lowest BCUT2D eigenvalue weighted by molar-refractivity contribution is 0.209.